The van der Waals surface area contributed by atoms with Crippen molar-refractivity contribution < 1.29 is 23.0 Å². The summed E-state index contributed by atoms with van der Waals surface area (Å²) in [5, 5.41) is 0. The van der Waals surface area contributed by atoms with Crippen LogP contribution in [0, 0.1) is 0 Å². The largest absolute Gasteiger partial charge is 0.378 e. The molecular formula is C13H30NO5P. The zero-order chi connectivity index (χ0) is 15.4. The fourth-order valence-corrected chi connectivity index (χ4v) is 3.18. The van der Waals surface area contributed by atoms with Crippen molar-refractivity contribution in [2.24, 2.45) is 5.73 Å². The van der Waals surface area contributed by atoms with Gasteiger partial charge in [0.25, 0.3) is 7.57 Å². The molecule has 122 valence electrons. The minimum absolute atomic E-state index is 0.00478. The van der Waals surface area contributed by atoms with Gasteiger partial charge in [0.2, 0.25) is 0 Å². The van der Waals surface area contributed by atoms with Crippen LogP contribution in [0.3, 0.4) is 0 Å². The third-order valence-electron chi connectivity index (χ3n) is 1.89. The van der Waals surface area contributed by atoms with E-state index in [1.165, 1.54) is 0 Å². The molecule has 0 aliphatic carbocycles. The van der Waals surface area contributed by atoms with Gasteiger partial charge in [-0.25, -0.2) is 0 Å². The third kappa shape index (κ3) is 11.9. The smallest absolute Gasteiger partial charge is 0.251 e. The zero-order valence-electron chi connectivity index (χ0n) is 13.2. The van der Waals surface area contributed by atoms with Gasteiger partial charge < -0.3 is 28.8 Å². The Morgan fingerprint density at radius 3 is 1.75 bits per heavy atom. The summed E-state index contributed by atoms with van der Waals surface area (Å²) in [7, 11) is -2.53. The van der Waals surface area contributed by atoms with Crippen LogP contribution in [-0.4, -0.2) is 58.1 Å². The molecule has 0 heterocycles. The highest BCUT2D eigenvalue weighted by molar-refractivity contribution is 7.59. The quantitative estimate of drug-likeness (QED) is 0.414. The van der Waals surface area contributed by atoms with Crippen LogP contribution in [0.5, 0.6) is 0 Å². The topological polar surface area (TPSA) is 72.2 Å². The summed E-state index contributed by atoms with van der Waals surface area (Å²) in [4.78, 5) is 0. The lowest BCUT2D eigenvalue weighted by atomic mass is 10.5. The molecule has 6 nitrogen and oxygen atoms in total. The number of nitrogens with two attached hydrogens (primary N) is 1. The van der Waals surface area contributed by atoms with Crippen molar-refractivity contribution in [2.75, 3.05) is 39.6 Å². The predicted molar refractivity (Wildman–Crippen MR) is 83.1 cm³/mol. The minimum atomic E-state index is -2.53. The lowest BCUT2D eigenvalue weighted by Gasteiger charge is -2.27. The molecule has 0 saturated heterocycles. The van der Waals surface area contributed by atoms with Crippen molar-refractivity contribution in [1.29, 1.82) is 0 Å². The molecule has 0 unspecified atom stereocenters. The molecule has 0 fully saturated rings. The van der Waals surface area contributed by atoms with Crippen LogP contribution in [0.15, 0.2) is 0 Å². The van der Waals surface area contributed by atoms with E-state index in [2.05, 4.69) is 6.30 Å². The summed E-state index contributed by atoms with van der Waals surface area (Å²) in [6, 6.07) is 0. The van der Waals surface area contributed by atoms with E-state index >= 15 is 0 Å². The molecule has 0 amide bonds. The van der Waals surface area contributed by atoms with Crippen LogP contribution >= 0.6 is 7.57 Å². The monoisotopic (exact) mass is 311 g/mol. The first kappa shape index (κ1) is 20.1. The van der Waals surface area contributed by atoms with Crippen LogP contribution in [-0.2, 0) is 23.0 Å². The van der Waals surface area contributed by atoms with E-state index in [-0.39, 0.29) is 12.2 Å². The molecule has 0 saturated carbocycles. The Balaban J connectivity index is 3.82. The van der Waals surface area contributed by atoms with Crippen molar-refractivity contribution in [2.45, 2.75) is 39.9 Å². The second-order valence-electron chi connectivity index (χ2n) is 4.77. The van der Waals surface area contributed by atoms with Gasteiger partial charge >= 0.3 is 0 Å². The van der Waals surface area contributed by atoms with Crippen LogP contribution in [0.1, 0.15) is 27.7 Å². The minimum Gasteiger partial charge on any atom is -0.378 e. The Kier molecular flexibility index (Phi) is 11.7. The van der Waals surface area contributed by atoms with Crippen LogP contribution in [0.2, 0.25) is 0 Å². The summed E-state index contributed by atoms with van der Waals surface area (Å²) in [5.74, 6) is 0. The molecule has 0 rings (SSSR count). The number of rotatable bonds is 13. The molecular weight excluding hydrogens is 281 g/mol. The molecule has 0 aliphatic heterocycles. The molecule has 0 aliphatic rings. The van der Waals surface area contributed by atoms with E-state index in [1.54, 1.807) is 0 Å². The highest BCUT2D eigenvalue weighted by Crippen LogP contribution is 2.50. The SMILES string of the molecule is C=P(OCCOCCOCCN)(OC(C)C)OC(C)C. The van der Waals surface area contributed by atoms with Gasteiger partial charge in [-0.1, -0.05) is 0 Å². The summed E-state index contributed by atoms with van der Waals surface area (Å²) >= 11 is 0. The van der Waals surface area contributed by atoms with Gasteiger partial charge in [-0.05, 0) is 34.0 Å². The average molecular weight is 311 g/mol. The van der Waals surface area contributed by atoms with E-state index in [4.69, 9.17) is 28.8 Å². The summed E-state index contributed by atoms with van der Waals surface area (Å²) < 4.78 is 27.6. The summed E-state index contributed by atoms with van der Waals surface area (Å²) in [6.45, 7) is 10.7. The highest BCUT2D eigenvalue weighted by atomic mass is 31.2. The molecule has 0 aromatic carbocycles. The third-order valence-corrected chi connectivity index (χ3v) is 3.95. The maximum Gasteiger partial charge on any atom is 0.251 e. The van der Waals surface area contributed by atoms with Gasteiger partial charge in [0.1, 0.15) is 0 Å². The molecule has 0 radical (unpaired) electrons. The van der Waals surface area contributed by atoms with Gasteiger partial charge in [0.15, 0.2) is 0 Å². The van der Waals surface area contributed by atoms with Gasteiger partial charge in [-0.2, -0.15) is 0 Å². The normalized spacial score (nSPS) is 12.6. The highest BCUT2D eigenvalue weighted by Gasteiger charge is 2.20. The first-order chi connectivity index (χ1) is 9.39. The van der Waals surface area contributed by atoms with Crippen molar-refractivity contribution >= 4 is 13.9 Å². The maximum absolute atomic E-state index is 5.67. The fraction of sp³-hybridized carbons (Fsp3) is 0.923. The van der Waals surface area contributed by atoms with E-state index in [9.17, 15) is 0 Å². The van der Waals surface area contributed by atoms with E-state index < -0.39 is 7.57 Å². The van der Waals surface area contributed by atoms with E-state index in [1.807, 2.05) is 27.7 Å². The van der Waals surface area contributed by atoms with Gasteiger partial charge in [-0.15, -0.1) is 0 Å². The Morgan fingerprint density at radius 2 is 1.30 bits per heavy atom. The molecule has 0 bridgehead atoms. The van der Waals surface area contributed by atoms with Gasteiger partial charge in [0, 0.05) is 6.54 Å². The number of ether oxygens (including phenoxy) is 2. The second-order valence-corrected chi connectivity index (χ2v) is 6.67. The van der Waals surface area contributed by atoms with Crippen molar-refractivity contribution in [3.8, 4) is 0 Å². The summed E-state index contributed by atoms with van der Waals surface area (Å²) in [5.41, 5.74) is 5.30. The molecule has 0 atom stereocenters. The first-order valence-electron chi connectivity index (χ1n) is 7.00. The number of hydrogen-bond acceptors (Lipinski definition) is 6. The molecule has 20 heavy (non-hydrogen) atoms. The zero-order valence-corrected chi connectivity index (χ0v) is 14.1. The van der Waals surface area contributed by atoms with Crippen LogP contribution in [0.25, 0.3) is 0 Å². The molecule has 0 aromatic heterocycles. The van der Waals surface area contributed by atoms with Gasteiger partial charge in [-0.3, -0.25) is 0 Å². The van der Waals surface area contributed by atoms with Crippen LogP contribution < -0.4 is 5.73 Å². The lowest BCUT2D eigenvalue weighted by molar-refractivity contribution is 0.0302. The first-order valence-corrected chi connectivity index (χ1v) is 8.72. The molecule has 2 N–H and O–H groups in total. The molecule has 7 heteroatoms. The van der Waals surface area contributed by atoms with Crippen molar-refractivity contribution in [3.63, 3.8) is 0 Å². The molecule has 0 spiro atoms. The fourth-order valence-electron chi connectivity index (χ4n) is 1.37. The Hall–Kier alpha value is 0.0600. The summed E-state index contributed by atoms with van der Waals surface area (Å²) in [6.07, 6.45) is 3.97. The Morgan fingerprint density at radius 1 is 0.850 bits per heavy atom. The van der Waals surface area contributed by atoms with E-state index in [0.29, 0.717) is 39.6 Å². The standard InChI is InChI=1S/C13H30NO5P/c1-12(2)18-20(5,19-13(3)4)17-11-10-16-9-8-15-7-6-14/h12-13H,5-11,14H2,1-4H3. The molecule has 0 aromatic rings. The van der Waals surface area contributed by atoms with Crippen molar-refractivity contribution in [3.05, 3.63) is 0 Å². The van der Waals surface area contributed by atoms with Crippen molar-refractivity contribution in [1.82, 2.24) is 0 Å². The average Bonchev–Trinajstić information content (AvgIpc) is 2.30. The van der Waals surface area contributed by atoms with E-state index in [0.717, 1.165) is 0 Å². The van der Waals surface area contributed by atoms with Gasteiger partial charge in [0.05, 0.1) is 45.2 Å². The van der Waals surface area contributed by atoms with Crippen LogP contribution in [0.4, 0.5) is 0 Å². The maximum atomic E-state index is 5.67. The Labute approximate surface area is 123 Å². The second kappa shape index (κ2) is 11.7. The predicted octanol–water partition coefficient (Wildman–Crippen LogP) is 2.04. The Bertz CT molecular complexity index is 259. The number of hydrogen-bond donors (Lipinski definition) is 1. The lowest BCUT2D eigenvalue weighted by Crippen LogP contribution is -2.15.